The molecule has 0 bridgehead atoms. The summed E-state index contributed by atoms with van der Waals surface area (Å²) in [5, 5.41) is 4.80. The Balaban J connectivity index is 1.87. The molecule has 1 aromatic heterocycles. The lowest BCUT2D eigenvalue weighted by molar-refractivity contribution is 0.0862. The van der Waals surface area contributed by atoms with Crippen LogP contribution < -0.4 is 4.74 Å². The molecule has 0 aliphatic carbocycles. The first-order valence-electron chi connectivity index (χ1n) is 6.01. The smallest absolute Gasteiger partial charge is 0.250 e. The second-order valence-electron chi connectivity index (χ2n) is 4.29. The highest BCUT2D eigenvalue weighted by atomic mass is 35.5. The summed E-state index contributed by atoms with van der Waals surface area (Å²) >= 11 is 5.77. The van der Waals surface area contributed by atoms with Gasteiger partial charge in [-0.15, -0.1) is 0 Å². The van der Waals surface area contributed by atoms with E-state index in [-0.39, 0.29) is 12.3 Å². The fourth-order valence-corrected chi connectivity index (χ4v) is 1.90. The van der Waals surface area contributed by atoms with Crippen LogP contribution >= 0.6 is 11.6 Å². The Kier molecular flexibility index (Phi) is 4.22. The molecule has 5 heteroatoms. The van der Waals surface area contributed by atoms with E-state index in [4.69, 9.17) is 16.3 Å². The van der Waals surface area contributed by atoms with Gasteiger partial charge >= 0.3 is 0 Å². The number of hydrogen-bond donors (Lipinski definition) is 0. The molecular weight excluding hydrogens is 264 g/mol. The number of aromatic nitrogens is 2. The molecule has 19 heavy (non-hydrogen) atoms. The highest BCUT2D eigenvalue weighted by Gasteiger charge is 2.10. The fourth-order valence-electron chi connectivity index (χ4n) is 1.77. The number of aryl methyl sites for hydroxylation is 2. The number of carbonyl (C=O) groups is 1. The summed E-state index contributed by atoms with van der Waals surface area (Å²) in [5.74, 6) is 0.630. The highest BCUT2D eigenvalue weighted by molar-refractivity contribution is 6.30. The number of benzene rings is 1. The van der Waals surface area contributed by atoms with Gasteiger partial charge in [-0.1, -0.05) is 11.6 Å². The van der Waals surface area contributed by atoms with Gasteiger partial charge in [0.25, 0.3) is 5.91 Å². The lowest BCUT2D eigenvalue weighted by atomic mass is 10.3. The van der Waals surface area contributed by atoms with E-state index in [1.165, 1.54) is 4.68 Å². The van der Waals surface area contributed by atoms with Gasteiger partial charge < -0.3 is 4.74 Å². The maximum atomic E-state index is 11.9. The van der Waals surface area contributed by atoms with Crippen LogP contribution in [0.5, 0.6) is 5.75 Å². The molecule has 0 N–H and O–H groups in total. The van der Waals surface area contributed by atoms with Gasteiger partial charge in [-0.25, -0.2) is 4.68 Å². The summed E-state index contributed by atoms with van der Waals surface area (Å²) < 4.78 is 6.90. The monoisotopic (exact) mass is 278 g/mol. The highest BCUT2D eigenvalue weighted by Crippen LogP contribution is 2.15. The third-order valence-electron chi connectivity index (χ3n) is 2.64. The van der Waals surface area contributed by atoms with Crippen LogP contribution in [-0.4, -0.2) is 22.3 Å². The molecule has 0 saturated carbocycles. The van der Waals surface area contributed by atoms with E-state index >= 15 is 0 Å². The first-order valence-corrected chi connectivity index (χ1v) is 6.39. The minimum absolute atomic E-state index is 0.0698. The maximum Gasteiger partial charge on any atom is 0.250 e. The van der Waals surface area contributed by atoms with E-state index in [1.54, 1.807) is 24.3 Å². The van der Waals surface area contributed by atoms with Crippen molar-refractivity contribution in [1.29, 1.82) is 0 Å². The van der Waals surface area contributed by atoms with E-state index in [0.717, 1.165) is 11.4 Å². The van der Waals surface area contributed by atoms with Crippen LogP contribution in [0.2, 0.25) is 5.02 Å². The largest absolute Gasteiger partial charge is 0.493 e. The predicted molar refractivity (Wildman–Crippen MR) is 73.9 cm³/mol. The van der Waals surface area contributed by atoms with Gasteiger partial charge in [-0.3, -0.25) is 4.79 Å². The summed E-state index contributed by atoms with van der Waals surface area (Å²) in [6, 6.07) is 8.92. The van der Waals surface area contributed by atoms with Crippen molar-refractivity contribution in [2.75, 3.05) is 6.61 Å². The summed E-state index contributed by atoms with van der Waals surface area (Å²) in [7, 11) is 0. The van der Waals surface area contributed by atoms with Gasteiger partial charge in [-0.05, 0) is 44.2 Å². The van der Waals surface area contributed by atoms with E-state index in [1.807, 2.05) is 19.9 Å². The van der Waals surface area contributed by atoms with Gasteiger partial charge in [0.05, 0.1) is 18.7 Å². The SMILES string of the molecule is Cc1cc(C)n(C(=O)CCOc2ccc(Cl)cc2)n1. The molecule has 100 valence electrons. The van der Waals surface area contributed by atoms with Gasteiger partial charge in [0, 0.05) is 10.7 Å². The lowest BCUT2D eigenvalue weighted by Crippen LogP contribution is -2.17. The van der Waals surface area contributed by atoms with Crippen molar-refractivity contribution in [3.8, 4) is 5.75 Å². The Bertz CT molecular complexity index is 576. The molecule has 0 aliphatic heterocycles. The average Bonchev–Trinajstić information content (AvgIpc) is 2.71. The fraction of sp³-hybridized carbons (Fsp3) is 0.286. The van der Waals surface area contributed by atoms with Gasteiger partial charge in [0.1, 0.15) is 5.75 Å². The maximum absolute atomic E-state index is 11.9. The third kappa shape index (κ3) is 3.58. The zero-order chi connectivity index (χ0) is 13.8. The van der Waals surface area contributed by atoms with Crippen LogP contribution in [0.25, 0.3) is 0 Å². The van der Waals surface area contributed by atoms with Gasteiger partial charge in [0.2, 0.25) is 0 Å². The molecule has 0 fully saturated rings. The summed E-state index contributed by atoms with van der Waals surface area (Å²) in [4.78, 5) is 11.9. The van der Waals surface area contributed by atoms with Crippen LogP contribution in [0.4, 0.5) is 0 Å². The second-order valence-corrected chi connectivity index (χ2v) is 4.72. The van der Waals surface area contributed by atoms with Crippen molar-refractivity contribution in [2.45, 2.75) is 20.3 Å². The number of hydrogen-bond acceptors (Lipinski definition) is 3. The molecule has 0 radical (unpaired) electrons. The first kappa shape index (κ1) is 13.6. The van der Waals surface area contributed by atoms with E-state index in [2.05, 4.69) is 5.10 Å². The van der Waals surface area contributed by atoms with Crippen molar-refractivity contribution >= 4 is 17.5 Å². The number of nitrogens with zero attached hydrogens (tertiary/aromatic N) is 2. The topological polar surface area (TPSA) is 44.1 Å². The van der Waals surface area contributed by atoms with Crippen molar-refractivity contribution in [3.05, 3.63) is 46.7 Å². The number of carbonyl (C=O) groups excluding carboxylic acids is 1. The number of halogens is 1. The summed E-state index contributed by atoms with van der Waals surface area (Å²) in [5.41, 5.74) is 1.68. The Morgan fingerprint density at radius 1 is 1.32 bits per heavy atom. The summed E-state index contributed by atoms with van der Waals surface area (Å²) in [6.45, 7) is 4.04. The van der Waals surface area contributed by atoms with E-state index in [0.29, 0.717) is 17.4 Å². The quantitative estimate of drug-likeness (QED) is 0.862. The van der Waals surface area contributed by atoms with Crippen LogP contribution in [0.1, 0.15) is 22.6 Å². The van der Waals surface area contributed by atoms with Crippen LogP contribution in [0, 0.1) is 13.8 Å². The van der Waals surface area contributed by atoms with Gasteiger partial charge in [-0.2, -0.15) is 5.10 Å². The minimum Gasteiger partial charge on any atom is -0.493 e. The van der Waals surface area contributed by atoms with Crippen molar-refractivity contribution in [3.63, 3.8) is 0 Å². The Morgan fingerprint density at radius 3 is 2.58 bits per heavy atom. The predicted octanol–water partition coefficient (Wildman–Crippen LogP) is 3.26. The number of rotatable bonds is 4. The number of ether oxygens (including phenoxy) is 1. The Labute approximate surface area is 116 Å². The normalized spacial score (nSPS) is 10.5. The second kappa shape index (κ2) is 5.89. The summed E-state index contributed by atoms with van der Waals surface area (Å²) in [6.07, 6.45) is 0.282. The van der Waals surface area contributed by atoms with Crippen molar-refractivity contribution in [1.82, 2.24) is 9.78 Å². The molecule has 0 unspecified atom stereocenters. The van der Waals surface area contributed by atoms with Crippen molar-refractivity contribution < 1.29 is 9.53 Å². The molecule has 0 aliphatic rings. The Morgan fingerprint density at radius 2 is 2.00 bits per heavy atom. The third-order valence-corrected chi connectivity index (χ3v) is 2.90. The zero-order valence-corrected chi connectivity index (χ0v) is 11.6. The first-order chi connectivity index (χ1) is 9.06. The van der Waals surface area contributed by atoms with Gasteiger partial charge in [0.15, 0.2) is 0 Å². The standard InChI is InChI=1S/C14H15ClN2O2/c1-10-9-11(2)17(16-10)14(18)7-8-19-13-5-3-12(15)4-6-13/h3-6,9H,7-8H2,1-2H3. The lowest BCUT2D eigenvalue weighted by Gasteiger charge is -2.06. The molecule has 0 atom stereocenters. The molecule has 1 aromatic carbocycles. The average molecular weight is 279 g/mol. The minimum atomic E-state index is -0.0698. The molecule has 2 aromatic rings. The van der Waals surface area contributed by atoms with E-state index in [9.17, 15) is 4.79 Å². The molecule has 0 saturated heterocycles. The molecule has 2 rings (SSSR count). The van der Waals surface area contributed by atoms with Crippen LogP contribution in [0.15, 0.2) is 30.3 Å². The van der Waals surface area contributed by atoms with Crippen LogP contribution in [-0.2, 0) is 0 Å². The zero-order valence-electron chi connectivity index (χ0n) is 10.9. The molecule has 0 spiro atoms. The molecular formula is C14H15ClN2O2. The van der Waals surface area contributed by atoms with Crippen molar-refractivity contribution in [2.24, 2.45) is 0 Å². The Hall–Kier alpha value is -1.81. The molecule has 4 nitrogen and oxygen atoms in total. The van der Waals surface area contributed by atoms with E-state index < -0.39 is 0 Å². The van der Waals surface area contributed by atoms with Crippen LogP contribution in [0.3, 0.4) is 0 Å². The molecule has 0 amide bonds. The molecule has 1 heterocycles.